The van der Waals surface area contributed by atoms with Gasteiger partial charge in [-0.1, -0.05) is 0 Å². The molecule has 0 aromatic heterocycles. The van der Waals surface area contributed by atoms with Crippen molar-refractivity contribution in [3.8, 4) is 0 Å². The zero-order chi connectivity index (χ0) is 10.4. The van der Waals surface area contributed by atoms with E-state index in [9.17, 15) is 9.59 Å². The fourth-order valence-electron chi connectivity index (χ4n) is 0.465. The van der Waals surface area contributed by atoms with E-state index in [0.29, 0.717) is 0 Å². The fraction of sp³-hybridized carbons (Fsp3) is 0.667. The molecule has 0 radical (unpaired) electrons. The fourth-order valence-corrected chi connectivity index (χ4v) is 0.465. The van der Waals surface area contributed by atoms with Gasteiger partial charge in [0.1, 0.15) is 12.1 Å². The minimum atomic E-state index is -1.20. The van der Waals surface area contributed by atoms with Crippen molar-refractivity contribution in [2.75, 3.05) is 13.2 Å². The first-order chi connectivity index (χ1) is 5.95. The number of ether oxygens (including phenoxy) is 1. The summed E-state index contributed by atoms with van der Waals surface area (Å²) in [7, 11) is 0. The lowest BCUT2D eigenvalue weighted by atomic mass is 10.3. The van der Waals surface area contributed by atoms with E-state index in [1.807, 2.05) is 0 Å². The summed E-state index contributed by atoms with van der Waals surface area (Å²) in [6.45, 7) is -0.507. The highest BCUT2D eigenvalue weighted by Crippen LogP contribution is 1.85. The van der Waals surface area contributed by atoms with Gasteiger partial charge in [-0.25, -0.2) is 0 Å². The van der Waals surface area contributed by atoms with Crippen molar-refractivity contribution >= 4 is 11.9 Å². The first-order valence-electron chi connectivity index (χ1n) is 3.49. The number of nitrogens with two attached hydrogens (primary N) is 2. The van der Waals surface area contributed by atoms with Crippen LogP contribution in [0.3, 0.4) is 0 Å². The van der Waals surface area contributed by atoms with E-state index in [-0.39, 0.29) is 13.2 Å². The third-order valence-electron chi connectivity index (χ3n) is 1.23. The van der Waals surface area contributed by atoms with Crippen LogP contribution < -0.4 is 11.5 Å². The summed E-state index contributed by atoms with van der Waals surface area (Å²) in [5, 5.41) is 16.6. The Morgan fingerprint density at radius 1 is 1.08 bits per heavy atom. The van der Waals surface area contributed by atoms with Gasteiger partial charge in [-0.05, 0) is 0 Å². The third-order valence-corrected chi connectivity index (χ3v) is 1.23. The highest BCUT2D eigenvalue weighted by Gasteiger charge is 2.15. The summed E-state index contributed by atoms with van der Waals surface area (Å²) in [5.41, 5.74) is 10.1. The van der Waals surface area contributed by atoms with E-state index < -0.39 is 24.0 Å². The van der Waals surface area contributed by atoms with Crippen LogP contribution in [0.4, 0.5) is 0 Å². The topological polar surface area (TPSA) is 136 Å². The van der Waals surface area contributed by atoms with Gasteiger partial charge in [-0.15, -0.1) is 0 Å². The van der Waals surface area contributed by atoms with Crippen molar-refractivity contribution < 1.29 is 24.5 Å². The smallest absolute Gasteiger partial charge is 0.322 e. The predicted octanol–water partition coefficient (Wildman–Crippen LogP) is -2.17. The Balaban J connectivity index is 3.56. The third kappa shape index (κ3) is 5.12. The second kappa shape index (κ2) is 5.46. The van der Waals surface area contributed by atoms with E-state index in [1.54, 1.807) is 0 Å². The van der Waals surface area contributed by atoms with Crippen LogP contribution in [-0.4, -0.2) is 47.4 Å². The molecule has 0 spiro atoms. The van der Waals surface area contributed by atoms with E-state index >= 15 is 0 Å². The maximum absolute atomic E-state index is 10.2. The van der Waals surface area contributed by atoms with Crippen molar-refractivity contribution in [2.24, 2.45) is 11.5 Å². The lowest BCUT2D eigenvalue weighted by molar-refractivity contribution is -0.141. The van der Waals surface area contributed by atoms with Crippen LogP contribution in [0.25, 0.3) is 0 Å². The maximum atomic E-state index is 10.2. The predicted molar refractivity (Wildman–Crippen MR) is 42.0 cm³/mol. The Kier molecular flexibility index (Phi) is 4.97. The van der Waals surface area contributed by atoms with Gasteiger partial charge in [-0.2, -0.15) is 0 Å². The molecular formula is C6H12N2O5. The average Bonchev–Trinajstić information content (AvgIpc) is 2.03. The molecule has 0 heterocycles. The van der Waals surface area contributed by atoms with Gasteiger partial charge in [0, 0.05) is 0 Å². The second-order valence-electron chi connectivity index (χ2n) is 2.43. The summed E-state index contributed by atoms with van der Waals surface area (Å²) in [6, 6.07) is -2.30. The molecule has 6 N–H and O–H groups in total. The highest BCUT2D eigenvalue weighted by molar-refractivity contribution is 5.73. The zero-order valence-electron chi connectivity index (χ0n) is 6.84. The molecule has 7 heteroatoms. The molecule has 0 aliphatic carbocycles. The minimum Gasteiger partial charge on any atom is -0.480 e. The number of hydrogen-bond donors (Lipinski definition) is 4. The molecule has 0 saturated carbocycles. The van der Waals surface area contributed by atoms with E-state index in [1.165, 1.54) is 0 Å². The molecule has 76 valence electrons. The van der Waals surface area contributed by atoms with E-state index in [2.05, 4.69) is 4.74 Å². The summed E-state index contributed by atoms with van der Waals surface area (Å²) < 4.78 is 4.67. The van der Waals surface area contributed by atoms with Crippen LogP contribution in [0.1, 0.15) is 0 Å². The van der Waals surface area contributed by atoms with Crippen molar-refractivity contribution in [1.29, 1.82) is 0 Å². The average molecular weight is 192 g/mol. The molecule has 0 amide bonds. The molecule has 0 aliphatic heterocycles. The number of carboxylic acids is 2. The lowest BCUT2D eigenvalue weighted by Crippen LogP contribution is -2.39. The number of rotatable bonds is 6. The monoisotopic (exact) mass is 192 g/mol. The summed E-state index contributed by atoms with van der Waals surface area (Å²) >= 11 is 0. The van der Waals surface area contributed by atoms with Crippen LogP contribution in [-0.2, 0) is 14.3 Å². The number of carbonyl (C=O) groups is 2. The Hall–Kier alpha value is -1.18. The molecule has 0 aromatic carbocycles. The molecular weight excluding hydrogens is 180 g/mol. The first-order valence-corrected chi connectivity index (χ1v) is 3.49. The molecule has 0 saturated heterocycles. The summed E-state index contributed by atoms with van der Waals surface area (Å²) in [4.78, 5) is 20.3. The van der Waals surface area contributed by atoms with Crippen LogP contribution in [0.2, 0.25) is 0 Å². The molecule has 0 rings (SSSR count). The van der Waals surface area contributed by atoms with Crippen molar-refractivity contribution in [2.45, 2.75) is 12.1 Å². The lowest BCUT2D eigenvalue weighted by Gasteiger charge is -2.09. The van der Waals surface area contributed by atoms with Gasteiger partial charge >= 0.3 is 11.9 Å². The van der Waals surface area contributed by atoms with Crippen molar-refractivity contribution in [3.63, 3.8) is 0 Å². The molecule has 0 bridgehead atoms. The minimum absolute atomic E-state index is 0.254. The SMILES string of the molecule is N[C@@H](COC[C@H](N)C(=O)O)C(=O)O. The van der Waals surface area contributed by atoms with Gasteiger partial charge in [-0.3, -0.25) is 9.59 Å². The van der Waals surface area contributed by atoms with E-state index in [4.69, 9.17) is 21.7 Å². The van der Waals surface area contributed by atoms with Crippen molar-refractivity contribution in [3.05, 3.63) is 0 Å². The van der Waals surface area contributed by atoms with Crippen LogP contribution in [0.5, 0.6) is 0 Å². The normalized spacial score (nSPS) is 14.9. The number of hydrogen-bond acceptors (Lipinski definition) is 5. The molecule has 13 heavy (non-hydrogen) atoms. The molecule has 2 atom stereocenters. The first kappa shape index (κ1) is 11.8. The molecule has 0 aromatic rings. The van der Waals surface area contributed by atoms with Crippen LogP contribution in [0, 0.1) is 0 Å². The summed E-state index contributed by atoms with van der Waals surface area (Å²) in [6.07, 6.45) is 0. The van der Waals surface area contributed by atoms with Gasteiger partial charge < -0.3 is 26.4 Å². The Morgan fingerprint density at radius 3 is 1.62 bits per heavy atom. The van der Waals surface area contributed by atoms with Gasteiger partial charge in [0.05, 0.1) is 13.2 Å². The van der Waals surface area contributed by atoms with Gasteiger partial charge in [0.2, 0.25) is 0 Å². The van der Waals surface area contributed by atoms with Gasteiger partial charge in [0.25, 0.3) is 0 Å². The quantitative estimate of drug-likeness (QED) is 0.375. The molecule has 7 nitrogen and oxygen atoms in total. The van der Waals surface area contributed by atoms with Crippen molar-refractivity contribution in [1.82, 2.24) is 0 Å². The zero-order valence-corrected chi connectivity index (χ0v) is 6.84. The van der Waals surface area contributed by atoms with Crippen LogP contribution >= 0.6 is 0 Å². The maximum Gasteiger partial charge on any atom is 0.322 e. The Bertz CT molecular complexity index is 175. The molecule has 0 aliphatic rings. The largest absolute Gasteiger partial charge is 0.480 e. The Labute approximate surface area is 74.3 Å². The van der Waals surface area contributed by atoms with Crippen LogP contribution in [0.15, 0.2) is 0 Å². The standard InChI is InChI=1S/C6H12N2O5/c7-3(5(9)10)1-13-2-4(8)6(11)12/h3-4H,1-2,7-8H2,(H,9,10)(H,11,12)/t3-,4-/m0/s1. The molecule has 0 fully saturated rings. The second-order valence-corrected chi connectivity index (χ2v) is 2.43. The molecule has 0 unspecified atom stereocenters. The summed E-state index contributed by atoms with van der Waals surface area (Å²) in [5.74, 6) is -2.41. The number of aliphatic carboxylic acids is 2. The van der Waals surface area contributed by atoms with Gasteiger partial charge in [0.15, 0.2) is 0 Å². The number of carboxylic acid groups (broad SMARTS) is 2. The Morgan fingerprint density at radius 2 is 1.38 bits per heavy atom. The highest BCUT2D eigenvalue weighted by atomic mass is 16.5. The van der Waals surface area contributed by atoms with E-state index in [0.717, 1.165) is 0 Å².